The zero-order valence-electron chi connectivity index (χ0n) is 13.3. The molecule has 1 heterocycles. The van der Waals surface area contributed by atoms with Crippen LogP contribution in [0.25, 0.3) is 0 Å². The third-order valence-electron chi connectivity index (χ3n) is 3.49. The number of nitrogens with one attached hydrogen (secondary N) is 1. The first kappa shape index (κ1) is 18.0. The number of hydrogen-bond donors (Lipinski definition) is 1. The first-order valence-electron chi connectivity index (χ1n) is 7.47. The van der Waals surface area contributed by atoms with Gasteiger partial charge < -0.3 is 10.1 Å². The summed E-state index contributed by atoms with van der Waals surface area (Å²) >= 11 is 5.17. The van der Waals surface area contributed by atoms with Gasteiger partial charge >= 0.3 is 0 Å². The number of ether oxygens (including phenoxy) is 1. The van der Waals surface area contributed by atoms with Crippen molar-refractivity contribution < 1.29 is 9.53 Å². The maximum atomic E-state index is 12.2. The molecule has 1 aromatic heterocycles. The van der Waals surface area contributed by atoms with Gasteiger partial charge in [-0.2, -0.15) is 0 Å². The van der Waals surface area contributed by atoms with Crippen molar-refractivity contribution in [2.24, 2.45) is 0 Å². The van der Waals surface area contributed by atoms with Crippen molar-refractivity contribution in [3.05, 3.63) is 50.6 Å². The highest BCUT2D eigenvalue weighted by atomic mass is 79.9. The lowest BCUT2D eigenvalue weighted by atomic mass is 10.2. The van der Waals surface area contributed by atoms with E-state index in [4.69, 9.17) is 4.74 Å². The van der Waals surface area contributed by atoms with Crippen LogP contribution in [0.3, 0.4) is 0 Å². The number of carbonyl (C=O) groups is 1. The number of rotatable bonds is 8. The number of para-hydroxylation sites is 1. The Labute approximate surface area is 149 Å². The molecule has 0 saturated heterocycles. The van der Waals surface area contributed by atoms with Gasteiger partial charge in [0.1, 0.15) is 5.75 Å². The van der Waals surface area contributed by atoms with E-state index in [1.807, 2.05) is 30.3 Å². The maximum absolute atomic E-state index is 12.2. The molecular weight excluding hydrogens is 376 g/mol. The Morgan fingerprint density at radius 3 is 2.74 bits per heavy atom. The van der Waals surface area contributed by atoms with E-state index in [9.17, 15) is 4.79 Å². The highest BCUT2D eigenvalue weighted by Gasteiger charge is 2.11. The second kappa shape index (κ2) is 9.05. The second-order valence-corrected chi connectivity index (χ2v) is 7.65. The van der Waals surface area contributed by atoms with Gasteiger partial charge in [0.2, 0.25) is 5.91 Å². The standard InChI is InChI=1S/C17H21BrN2O2S/c1-3-20(11-14-8-9-16(18)23-14)12-17(21)19-10-13-6-4-5-7-15(13)22-2/h4-9H,3,10-12H2,1-2H3,(H,19,21). The van der Waals surface area contributed by atoms with Crippen LogP contribution in [0.4, 0.5) is 0 Å². The Morgan fingerprint density at radius 2 is 2.09 bits per heavy atom. The van der Waals surface area contributed by atoms with Crippen molar-refractivity contribution >= 4 is 33.2 Å². The van der Waals surface area contributed by atoms with Crippen molar-refractivity contribution in [2.45, 2.75) is 20.0 Å². The number of halogens is 1. The molecule has 0 aliphatic rings. The van der Waals surface area contributed by atoms with Crippen molar-refractivity contribution in [3.8, 4) is 5.75 Å². The van der Waals surface area contributed by atoms with Crippen LogP contribution in [0.15, 0.2) is 40.2 Å². The quantitative estimate of drug-likeness (QED) is 0.739. The fourth-order valence-corrected chi connectivity index (χ4v) is 3.76. The molecule has 6 heteroatoms. The molecule has 0 spiro atoms. The molecule has 0 radical (unpaired) electrons. The average molecular weight is 397 g/mol. The number of thiophene rings is 1. The summed E-state index contributed by atoms with van der Waals surface area (Å²) in [7, 11) is 1.64. The zero-order chi connectivity index (χ0) is 16.7. The molecule has 2 rings (SSSR count). The lowest BCUT2D eigenvalue weighted by molar-refractivity contribution is -0.122. The van der Waals surface area contributed by atoms with Gasteiger partial charge in [0.05, 0.1) is 17.4 Å². The van der Waals surface area contributed by atoms with Gasteiger partial charge in [-0.1, -0.05) is 25.1 Å². The Balaban J connectivity index is 1.85. The van der Waals surface area contributed by atoms with Crippen LogP contribution in [-0.4, -0.2) is 31.0 Å². The summed E-state index contributed by atoms with van der Waals surface area (Å²) in [6.07, 6.45) is 0. The monoisotopic (exact) mass is 396 g/mol. The van der Waals surface area contributed by atoms with Crippen LogP contribution in [0.1, 0.15) is 17.4 Å². The van der Waals surface area contributed by atoms with Gasteiger partial charge in [0.15, 0.2) is 0 Å². The normalized spacial score (nSPS) is 10.8. The van der Waals surface area contributed by atoms with Crippen molar-refractivity contribution in [2.75, 3.05) is 20.2 Å². The van der Waals surface area contributed by atoms with Gasteiger partial charge in [-0.3, -0.25) is 9.69 Å². The summed E-state index contributed by atoms with van der Waals surface area (Å²) in [4.78, 5) is 15.5. The molecule has 0 saturated carbocycles. The number of carbonyl (C=O) groups excluding carboxylic acids is 1. The SMILES string of the molecule is CCN(CC(=O)NCc1ccccc1OC)Cc1ccc(Br)s1. The van der Waals surface area contributed by atoms with Crippen LogP contribution >= 0.6 is 27.3 Å². The fraction of sp³-hybridized carbons (Fsp3) is 0.353. The lowest BCUT2D eigenvalue weighted by Crippen LogP contribution is -2.36. The molecule has 0 unspecified atom stereocenters. The minimum atomic E-state index is 0.0216. The van der Waals surface area contributed by atoms with E-state index in [0.29, 0.717) is 13.1 Å². The molecule has 0 aliphatic carbocycles. The average Bonchev–Trinajstić information content (AvgIpc) is 2.97. The Bertz CT molecular complexity index is 645. The van der Waals surface area contributed by atoms with E-state index in [1.165, 1.54) is 4.88 Å². The Hall–Kier alpha value is -1.37. The molecule has 0 aliphatic heterocycles. The zero-order valence-corrected chi connectivity index (χ0v) is 15.7. The summed E-state index contributed by atoms with van der Waals surface area (Å²) < 4.78 is 6.41. The van der Waals surface area contributed by atoms with Crippen molar-refractivity contribution in [3.63, 3.8) is 0 Å². The summed E-state index contributed by atoms with van der Waals surface area (Å²) in [5.41, 5.74) is 0.980. The molecule has 2 aromatic rings. The number of likely N-dealkylation sites (N-methyl/N-ethyl adjacent to an activating group) is 1. The first-order valence-corrected chi connectivity index (χ1v) is 9.08. The van der Waals surface area contributed by atoms with Crippen molar-refractivity contribution in [1.29, 1.82) is 0 Å². The van der Waals surface area contributed by atoms with E-state index < -0.39 is 0 Å². The summed E-state index contributed by atoms with van der Waals surface area (Å²) in [5, 5.41) is 2.96. The fourth-order valence-electron chi connectivity index (χ4n) is 2.24. The largest absolute Gasteiger partial charge is 0.496 e. The molecule has 124 valence electrons. The molecule has 1 amide bonds. The minimum Gasteiger partial charge on any atom is -0.496 e. The van der Waals surface area contributed by atoms with Gasteiger partial charge in [0.25, 0.3) is 0 Å². The number of hydrogen-bond acceptors (Lipinski definition) is 4. The van der Waals surface area contributed by atoms with Crippen LogP contribution in [-0.2, 0) is 17.9 Å². The smallest absolute Gasteiger partial charge is 0.234 e. The first-order chi connectivity index (χ1) is 11.1. The summed E-state index contributed by atoms with van der Waals surface area (Å²) in [6, 6.07) is 11.8. The van der Waals surface area contributed by atoms with E-state index >= 15 is 0 Å². The van der Waals surface area contributed by atoms with Crippen LogP contribution in [0, 0.1) is 0 Å². The molecule has 0 bridgehead atoms. The molecule has 4 nitrogen and oxygen atoms in total. The predicted octanol–water partition coefficient (Wildman–Crippen LogP) is 3.66. The second-order valence-electron chi connectivity index (χ2n) is 5.10. The van der Waals surface area contributed by atoms with Gasteiger partial charge in [-0.25, -0.2) is 0 Å². The van der Waals surface area contributed by atoms with Crippen LogP contribution in [0.2, 0.25) is 0 Å². The summed E-state index contributed by atoms with van der Waals surface area (Å²) in [5.74, 6) is 0.817. The minimum absolute atomic E-state index is 0.0216. The summed E-state index contributed by atoms with van der Waals surface area (Å²) in [6.45, 7) is 4.55. The topological polar surface area (TPSA) is 41.6 Å². The molecule has 0 fully saturated rings. The third-order valence-corrected chi connectivity index (χ3v) is 5.10. The molecule has 1 N–H and O–H groups in total. The molecule has 0 atom stereocenters. The number of nitrogens with zero attached hydrogens (tertiary/aromatic N) is 1. The third kappa shape index (κ3) is 5.64. The van der Waals surface area contributed by atoms with E-state index in [1.54, 1.807) is 18.4 Å². The number of methoxy groups -OCH3 is 1. The number of amides is 1. The predicted molar refractivity (Wildman–Crippen MR) is 97.8 cm³/mol. The van der Waals surface area contributed by atoms with E-state index in [-0.39, 0.29) is 5.91 Å². The van der Waals surface area contributed by atoms with Crippen LogP contribution < -0.4 is 10.1 Å². The van der Waals surface area contributed by atoms with Gasteiger partial charge in [-0.05, 0) is 40.7 Å². The van der Waals surface area contributed by atoms with Crippen molar-refractivity contribution in [1.82, 2.24) is 10.2 Å². The highest BCUT2D eigenvalue weighted by molar-refractivity contribution is 9.11. The van der Waals surface area contributed by atoms with Crippen LogP contribution in [0.5, 0.6) is 5.75 Å². The Morgan fingerprint density at radius 1 is 1.30 bits per heavy atom. The maximum Gasteiger partial charge on any atom is 0.234 e. The lowest BCUT2D eigenvalue weighted by Gasteiger charge is -2.19. The molecular formula is C17H21BrN2O2S. The molecule has 23 heavy (non-hydrogen) atoms. The highest BCUT2D eigenvalue weighted by Crippen LogP contribution is 2.23. The molecule has 1 aromatic carbocycles. The van der Waals surface area contributed by atoms with Gasteiger partial charge in [-0.15, -0.1) is 11.3 Å². The number of benzene rings is 1. The van der Waals surface area contributed by atoms with Gasteiger partial charge in [0, 0.05) is 23.5 Å². The van der Waals surface area contributed by atoms with E-state index in [0.717, 1.165) is 28.2 Å². The van der Waals surface area contributed by atoms with E-state index in [2.05, 4.69) is 39.1 Å². The Kier molecular flexibility index (Phi) is 7.08.